The number of carbonyl (C=O) groups excluding carboxylic acids is 1. The number of nitrogens with one attached hydrogen (secondary N) is 1. The molecular weight excluding hydrogens is 340 g/mol. The lowest BCUT2D eigenvalue weighted by Gasteiger charge is -2.11. The first-order valence-electron chi connectivity index (χ1n) is 6.30. The van der Waals surface area contributed by atoms with Crippen LogP contribution in [0.25, 0.3) is 0 Å². The van der Waals surface area contributed by atoms with Crippen molar-refractivity contribution in [2.24, 2.45) is 0 Å². The lowest BCUT2D eigenvalue weighted by atomic mass is 10.3. The summed E-state index contributed by atoms with van der Waals surface area (Å²) in [4.78, 5) is 23.7. The van der Waals surface area contributed by atoms with Gasteiger partial charge in [-0.15, -0.1) is 0 Å². The molecule has 0 spiro atoms. The van der Waals surface area contributed by atoms with Crippen LogP contribution in [0.3, 0.4) is 0 Å². The Morgan fingerprint density at radius 2 is 2.19 bits per heavy atom. The molecule has 0 aliphatic carbocycles. The predicted molar refractivity (Wildman–Crippen MR) is 80.7 cm³/mol. The minimum Gasteiger partial charge on any atom is -0.496 e. The Kier molecular flexibility index (Phi) is 4.85. The van der Waals surface area contributed by atoms with Gasteiger partial charge < -0.3 is 19.0 Å². The second-order valence-electron chi connectivity index (χ2n) is 4.39. The number of furan rings is 1. The maximum absolute atomic E-state index is 11.9. The highest BCUT2D eigenvalue weighted by atomic mass is 79.9. The molecule has 2 aromatic rings. The monoisotopic (exact) mass is 354 g/mol. The SMILES string of the molecule is COc1cc(C)n(CCNC(=O)c2ccc(Br)o2)c(=O)c1. The summed E-state index contributed by atoms with van der Waals surface area (Å²) < 4.78 is 12.2. The molecule has 21 heavy (non-hydrogen) atoms. The van der Waals surface area contributed by atoms with E-state index in [0.717, 1.165) is 5.69 Å². The van der Waals surface area contributed by atoms with E-state index in [0.29, 0.717) is 23.5 Å². The van der Waals surface area contributed by atoms with Crippen molar-refractivity contribution in [2.45, 2.75) is 13.5 Å². The number of carbonyl (C=O) groups is 1. The van der Waals surface area contributed by atoms with Crippen LogP contribution in [-0.4, -0.2) is 24.1 Å². The summed E-state index contributed by atoms with van der Waals surface area (Å²) in [5.41, 5.74) is 0.608. The van der Waals surface area contributed by atoms with Gasteiger partial charge in [0.15, 0.2) is 10.4 Å². The molecule has 7 heteroatoms. The Hall–Kier alpha value is -2.02. The Morgan fingerprint density at radius 3 is 2.76 bits per heavy atom. The zero-order valence-corrected chi connectivity index (χ0v) is 13.3. The number of aromatic nitrogens is 1. The summed E-state index contributed by atoms with van der Waals surface area (Å²) in [5.74, 6) is 0.429. The summed E-state index contributed by atoms with van der Waals surface area (Å²) in [6.07, 6.45) is 0. The Bertz CT molecular complexity index is 705. The number of methoxy groups -OCH3 is 1. The van der Waals surface area contributed by atoms with Gasteiger partial charge in [0.05, 0.1) is 7.11 Å². The van der Waals surface area contributed by atoms with Gasteiger partial charge in [-0.05, 0) is 41.1 Å². The van der Waals surface area contributed by atoms with E-state index in [1.165, 1.54) is 13.2 Å². The molecule has 2 heterocycles. The van der Waals surface area contributed by atoms with Crippen LogP contribution in [-0.2, 0) is 6.54 Å². The summed E-state index contributed by atoms with van der Waals surface area (Å²) in [5, 5.41) is 2.70. The molecule has 1 N–H and O–H groups in total. The van der Waals surface area contributed by atoms with E-state index < -0.39 is 0 Å². The van der Waals surface area contributed by atoms with E-state index in [1.807, 2.05) is 6.92 Å². The average Bonchev–Trinajstić information content (AvgIpc) is 2.88. The molecule has 112 valence electrons. The number of pyridine rings is 1. The molecule has 2 rings (SSSR count). The van der Waals surface area contributed by atoms with E-state index in [4.69, 9.17) is 9.15 Å². The van der Waals surface area contributed by atoms with E-state index in [1.54, 1.807) is 22.8 Å². The highest BCUT2D eigenvalue weighted by Crippen LogP contribution is 2.13. The average molecular weight is 355 g/mol. The fraction of sp³-hybridized carbons (Fsp3) is 0.286. The molecule has 0 unspecified atom stereocenters. The number of aryl methyl sites for hydroxylation is 1. The lowest BCUT2D eigenvalue weighted by Crippen LogP contribution is -2.31. The van der Waals surface area contributed by atoms with Crippen LogP contribution < -0.4 is 15.6 Å². The maximum atomic E-state index is 11.9. The fourth-order valence-electron chi connectivity index (χ4n) is 1.91. The summed E-state index contributed by atoms with van der Waals surface area (Å²) in [7, 11) is 1.51. The molecule has 0 radical (unpaired) electrons. The van der Waals surface area contributed by atoms with Crippen LogP contribution in [0.1, 0.15) is 16.2 Å². The van der Waals surface area contributed by atoms with E-state index in [-0.39, 0.29) is 17.2 Å². The molecule has 0 fully saturated rings. The van der Waals surface area contributed by atoms with Gasteiger partial charge in [-0.2, -0.15) is 0 Å². The highest BCUT2D eigenvalue weighted by molar-refractivity contribution is 9.10. The number of hydrogen-bond acceptors (Lipinski definition) is 4. The van der Waals surface area contributed by atoms with Gasteiger partial charge in [-0.1, -0.05) is 0 Å². The Morgan fingerprint density at radius 1 is 1.43 bits per heavy atom. The van der Waals surface area contributed by atoms with Gasteiger partial charge in [-0.3, -0.25) is 9.59 Å². The third-order valence-corrected chi connectivity index (χ3v) is 3.39. The zero-order chi connectivity index (χ0) is 15.4. The topological polar surface area (TPSA) is 73.5 Å². The first-order valence-corrected chi connectivity index (χ1v) is 7.09. The van der Waals surface area contributed by atoms with E-state index in [2.05, 4.69) is 21.2 Å². The highest BCUT2D eigenvalue weighted by Gasteiger charge is 2.10. The molecule has 1 amide bonds. The minimum atomic E-state index is -0.320. The normalized spacial score (nSPS) is 10.4. The van der Waals surface area contributed by atoms with Crippen molar-refractivity contribution in [1.82, 2.24) is 9.88 Å². The van der Waals surface area contributed by atoms with Gasteiger partial charge in [-0.25, -0.2) is 0 Å². The number of rotatable bonds is 5. The smallest absolute Gasteiger partial charge is 0.287 e. The van der Waals surface area contributed by atoms with Crippen molar-refractivity contribution in [3.8, 4) is 5.75 Å². The number of hydrogen-bond donors (Lipinski definition) is 1. The quantitative estimate of drug-likeness (QED) is 0.890. The van der Waals surface area contributed by atoms with E-state index in [9.17, 15) is 9.59 Å². The molecule has 0 aromatic carbocycles. The fourth-order valence-corrected chi connectivity index (χ4v) is 2.21. The van der Waals surface area contributed by atoms with Gasteiger partial charge >= 0.3 is 0 Å². The molecule has 0 bridgehead atoms. The first-order chi connectivity index (χ1) is 10.0. The first kappa shape index (κ1) is 15.4. The molecule has 2 aromatic heterocycles. The number of nitrogens with zero attached hydrogens (tertiary/aromatic N) is 1. The Labute approximate surface area is 129 Å². The molecule has 0 atom stereocenters. The largest absolute Gasteiger partial charge is 0.496 e. The van der Waals surface area contributed by atoms with Gasteiger partial charge in [0.2, 0.25) is 0 Å². The van der Waals surface area contributed by atoms with Crippen molar-refractivity contribution in [2.75, 3.05) is 13.7 Å². The summed E-state index contributed by atoms with van der Waals surface area (Å²) in [6, 6.07) is 6.41. The third-order valence-electron chi connectivity index (χ3n) is 2.96. The number of amides is 1. The number of halogens is 1. The zero-order valence-electron chi connectivity index (χ0n) is 11.7. The second-order valence-corrected chi connectivity index (χ2v) is 5.17. The molecule has 6 nitrogen and oxygen atoms in total. The molecular formula is C14H15BrN2O4. The molecule has 0 saturated carbocycles. The molecule has 0 saturated heterocycles. The van der Waals surface area contributed by atoms with Crippen molar-refractivity contribution in [3.05, 3.63) is 50.7 Å². The lowest BCUT2D eigenvalue weighted by molar-refractivity contribution is 0.0923. The van der Waals surface area contributed by atoms with Crippen molar-refractivity contribution in [1.29, 1.82) is 0 Å². The summed E-state index contributed by atoms with van der Waals surface area (Å²) >= 11 is 3.13. The van der Waals surface area contributed by atoms with Crippen molar-refractivity contribution in [3.63, 3.8) is 0 Å². The van der Waals surface area contributed by atoms with E-state index >= 15 is 0 Å². The standard InChI is InChI=1S/C14H15BrN2O4/c1-9-7-10(20-2)8-13(18)17(9)6-5-16-14(19)11-3-4-12(15)21-11/h3-4,7-8H,5-6H2,1-2H3,(H,16,19). The van der Waals surface area contributed by atoms with Gasteiger partial charge in [0.25, 0.3) is 11.5 Å². The minimum absolute atomic E-state index is 0.165. The maximum Gasteiger partial charge on any atom is 0.287 e. The van der Waals surface area contributed by atoms with Crippen molar-refractivity contribution < 1.29 is 13.9 Å². The van der Waals surface area contributed by atoms with Crippen LogP contribution in [0.2, 0.25) is 0 Å². The third kappa shape index (κ3) is 3.75. The predicted octanol–water partition coefficient (Wildman–Crippen LogP) is 1.95. The summed E-state index contributed by atoms with van der Waals surface area (Å²) in [6.45, 7) is 2.52. The number of ether oxygens (including phenoxy) is 1. The van der Waals surface area contributed by atoms with Crippen LogP contribution >= 0.6 is 15.9 Å². The van der Waals surface area contributed by atoms with Gasteiger partial charge in [0, 0.05) is 24.8 Å². The van der Waals surface area contributed by atoms with Crippen LogP contribution in [0, 0.1) is 6.92 Å². The second kappa shape index (κ2) is 6.62. The van der Waals surface area contributed by atoms with Crippen LogP contribution in [0.15, 0.2) is 38.1 Å². The Balaban J connectivity index is 1.98. The molecule has 0 aliphatic heterocycles. The molecule has 0 aliphatic rings. The van der Waals surface area contributed by atoms with Crippen LogP contribution in [0.4, 0.5) is 0 Å². The van der Waals surface area contributed by atoms with Gasteiger partial charge in [0.1, 0.15) is 5.75 Å². The van der Waals surface area contributed by atoms with Crippen LogP contribution in [0.5, 0.6) is 5.75 Å². The van der Waals surface area contributed by atoms with Crippen molar-refractivity contribution >= 4 is 21.8 Å².